The van der Waals surface area contributed by atoms with Crippen molar-refractivity contribution in [2.75, 3.05) is 31.1 Å². The molecule has 1 saturated heterocycles. The molecule has 4 nitrogen and oxygen atoms in total. The SMILES string of the molecule is CCC(C)(C#N)C(=O)N1CCN(c2ccccc2)CC1. The largest absolute Gasteiger partial charge is 0.368 e. The average Bonchev–Trinajstić information content (AvgIpc) is 2.54. The van der Waals surface area contributed by atoms with E-state index >= 15 is 0 Å². The molecule has 1 amide bonds. The Morgan fingerprint density at radius 3 is 2.35 bits per heavy atom. The Balaban J connectivity index is 1.98. The number of hydrogen-bond donors (Lipinski definition) is 0. The Bertz CT molecular complexity index is 500. The number of piperazine rings is 1. The van der Waals surface area contributed by atoms with E-state index < -0.39 is 5.41 Å². The van der Waals surface area contributed by atoms with Crippen molar-refractivity contribution in [3.63, 3.8) is 0 Å². The molecule has 20 heavy (non-hydrogen) atoms. The summed E-state index contributed by atoms with van der Waals surface area (Å²) in [6, 6.07) is 12.4. The highest BCUT2D eigenvalue weighted by Crippen LogP contribution is 2.24. The van der Waals surface area contributed by atoms with Crippen molar-refractivity contribution in [1.82, 2.24) is 4.90 Å². The van der Waals surface area contributed by atoms with E-state index in [-0.39, 0.29) is 5.91 Å². The maximum atomic E-state index is 12.4. The van der Waals surface area contributed by atoms with Gasteiger partial charge in [0.25, 0.3) is 0 Å². The quantitative estimate of drug-likeness (QED) is 0.847. The standard InChI is InChI=1S/C16H21N3O/c1-3-16(2,13-17)15(20)19-11-9-18(10-12-19)14-7-5-4-6-8-14/h4-8H,3,9-12H2,1-2H3. The lowest BCUT2D eigenvalue weighted by atomic mass is 9.87. The molecule has 1 aliphatic heterocycles. The average molecular weight is 271 g/mol. The van der Waals surface area contributed by atoms with Gasteiger partial charge in [-0.3, -0.25) is 4.79 Å². The van der Waals surface area contributed by atoms with Crippen molar-refractivity contribution in [3.05, 3.63) is 30.3 Å². The third-order valence-electron chi connectivity index (χ3n) is 4.11. The van der Waals surface area contributed by atoms with Gasteiger partial charge in [0.05, 0.1) is 6.07 Å². The van der Waals surface area contributed by atoms with Gasteiger partial charge in [0.15, 0.2) is 0 Å². The summed E-state index contributed by atoms with van der Waals surface area (Å²) in [4.78, 5) is 16.5. The minimum atomic E-state index is -0.880. The van der Waals surface area contributed by atoms with Crippen molar-refractivity contribution < 1.29 is 4.79 Å². The molecule has 4 heteroatoms. The molecule has 106 valence electrons. The van der Waals surface area contributed by atoms with Crippen molar-refractivity contribution in [3.8, 4) is 6.07 Å². The van der Waals surface area contributed by atoms with Gasteiger partial charge in [-0.2, -0.15) is 5.26 Å². The summed E-state index contributed by atoms with van der Waals surface area (Å²) < 4.78 is 0. The molecule has 0 N–H and O–H groups in total. The van der Waals surface area contributed by atoms with E-state index in [4.69, 9.17) is 0 Å². The number of rotatable bonds is 3. The molecule has 1 unspecified atom stereocenters. The maximum Gasteiger partial charge on any atom is 0.242 e. The molecule has 1 fully saturated rings. The number of nitrogens with zero attached hydrogens (tertiary/aromatic N) is 3. The Hall–Kier alpha value is -2.02. The summed E-state index contributed by atoms with van der Waals surface area (Å²) in [5, 5.41) is 9.21. The number of benzene rings is 1. The number of hydrogen-bond acceptors (Lipinski definition) is 3. The van der Waals surface area contributed by atoms with E-state index in [9.17, 15) is 10.1 Å². The maximum absolute atomic E-state index is 12.4. The number of amides is 1. The fourth-order valence-electron chi connectivity index (χ4n) is 2.43. The lowest BCUT2D eigenvalue weighted by Gasteiger charge is -2.38. The normalized spacial score (nSPS) is 18.2. The number of nitriles is 1. The fraction of sp³-hybridized carbons (Fsp3) is 0.500. The van der Waals surface area contributed by atoms with Crippen LogP contribution in [0.25, 0.3) is 0 Å². The Morgan fingerprint density at radius 1 is 1.25 bits per heavy atom. The lowest BCUT2D eigenvalue weighted by Crippen LogP contribution is -2.52. The van der Waals surface area contributed by atoms with Gasteiger partial charge in [-0.1, -0.05) is 25.1 Å². The zero-order valence-corrected chi connectivity index (χ0v) is 12.2. The number of para-hydroxylation sites is 1. The Kier molecular flexibility index (Phi) is 4.29. The van der Waals surface area contributed by atoms with E-state index in [0.29, 0.717) is 19.5 Å². The van der Waals surface area contributed by atoms with Crippen LogP contribution >= 0.6 is 0 Å². The van der Waals surface area contributed by atoms with Crippen molar-refractivity contribution >= 4 is 11.6 Å². The smallest absolute Gasteiger partial charge is 0.242 e. The summed E-state index contributed by atoms with van der Waals surface area (Å²) in [7, 11) is 0. The zero-order valence-electron chi connectivity index (χ0n) is 12.2. The lowest BCUT2D eigenvalue weighted by molar-refractivity contribution is -0.138. The van der Waals surface area contributed by atoms with Crippen LogP contribution in [0.15, 0.2) is 30.3 Å². The first kappa shape index (κ1) is 14.4. The highest BCUT2D eigenvalue weighted by atomic mass is 16.2. The van der Waals surface area contributed by atoms with Gasteiger partial charge in [0.2, 0.25) is 5.91 Å². The molecule has 0 saturated carbocycles. The molecule has 1 aromatic carbocycles. The topological polar surface area (TPSA) is 47.3 Å². The predicted octanol–water partition coefficient (Wildman–Crippen LogP) is 2.28. The summed E-state index contributed by atoms with van der Waals surface area (Å²) in [5.74, 6) is -0.0322. The van der Waals surface area contributed by atoms with Gasteiger partial charge < -0.3 is 9.80 Å². The second kappa shape index (κ2) is 5.96. The number of carbonyl (C=O) groups is 1. The molecule has 1 aliphatic rings. The molecule has 0 aromatic heterocycles. The molecule has 2 rings (SSSR count). The van der Waals surface area contributed by atoms with Crippen LogP contribution in [0.5, 0.6) is 0 Å². The number of anilines is 1. The van der Waals surface area contributed by atoms with Crippen LogP contribution in [0.4, 0.5) is 5.69 Å². The van der Waals surface area contributed by atoms with Crippen LogP contribution in [-0.2, 0) is 4.79 Å². The van der Waals surface area contributed by atoms with Crippen molar-refractivity contribution in [1.29, 1.82) is 5.26 Å². The van der Waals surface area contributed by atoms with E-state index in [2.05, 4.69) is 23.1 Å². The van der Waals surface area contributed by atoms with Crippen molar-refractivity contribution in [2.24, 2.45) is 5.41 Å². The van der Waals surface area contributed by atoms with E-state index in [1.165, 1.54) is 5.69 Å². The number of carbonyl (C=O) groups excluding carboxylic acids is 1. The highest BCUT2D eigenvalue weighted by molar-refractivity contribution is 5.85. The molecule has 1 atom stereocenters. The first-order chi connectivity index (χ1) is 9.60. The van der Waals surface area contributed by atoms with Gasteiger partial charge in [0, 0.05) is 31.9 Å². The van der Waals surface area contributed by atoms with E-state index in [1.54, 1.807) is 6.92 Å². The third-order valence-corrected chi connectivity index (χ3v) is 4.11. The third kappa shape index (κ3) is 2.77. The van der Waals surface area contributed by atoms with Gasteiger partial charge in [0.1, 0.15) is 5.41 Å². The van der Waals surface area contributed by atoms with Crippen LogP contribution < -0.4 is 4.90 Å². The second-order valence-electron chi connectivity index (χ2n) is 5.41. The zero-order chi connectivity index (χ0) is 14.6. The van der Waals surface area contributed by atoms with Crippen LogP contribution in [0.3, 0.4) is 0 Å². The minimum absolute atomic E-state index is 0.0322. The van der Waals surface area contributed by atoms with E-state index in [1.807, 2.05) is 30.0 Å². The first-order valence-electron chi connectivity index (χ1n) is 7.11. The summed E-state index contributed by atoms with van der Waals surface area (Å²) in [5.41, 5.74) is 0.313. The predicted molar refractivity (Wildman–Crippen MR) is 79.2 cm³/mol. The van der Waals surface area contributed by atoms with Gasteiger partial charge in [-0.05, 0) is 25.5 Å². The van der Waals surface area contributed by atoms with Gasteiger partial charge in [-0.15, -0.1) is 0 Å². The summed E-state index contributed by atoms with van der Waals surface area (Å²) in [6.45, 7) is 6.64. The molecule has 0 aliphatic carbocycles. The first-order valence-corrected chi connectivity index (χ1v) is 7.11. The fourth-order valence-corrected chi connectivity index (χ4v) is 2.43. The summed E-state index contributed by atoms with van der Waals surface area (Å²) >= 11 is 0. The molecule has 1 aromatic rings. The van der Waals surface area contributed by atoms with Crippen LogP contribution in [0.2, 0.25) is 0 Å². The van der Waals surface area contributed by atoms with Crippen LogP contribution in [0, 0.1) is 16.7 Å². The molecular weight excluding hydrogens is 250 g/mol. The molecule has 0 spiro atoms. The molecule has 0 bridgehead atoms. The Morgan fingerprint density at radius 2 is 1.85 bits per heavy atom. The van der Waals surface area contributed by atoms with E-state index in [0.717, 1.165) is 13.1 Å². The van der Waals surface area contributed by atoms with Crippen LogP contribution in [-0.4, -0.2) is 37.0 Å². The highest BCUT2D eigenvalue weighted by Gasteiger charge is 2.36. The van der Waals surface area contributed by atoms with Gasteiger partial charge in [-0.25, -0.2) is 0 Å². The van der Waals surface area contributed by atoms with Gasteiger partial charge >= 0.3 is 0 Å². The van der Waals surface area contributed by atoms with Crippen LogP contribution in [0.1, 0.15) is 20.3 Å². The Labute approximate surface area is 120 Å². The molecule has 1 heterocycles. The molecule has 0 radical (unpaired) electrons. The molecular formula is C16H21N3O. The minimum Gasteiger partial charge on any atom is -0.368 e. The summed E-state index contributed by atoms with van der Waals surface area (Å²) in [6.07, 6.45) is 0.557. The monoisotopic (exact) mass is 271 g/mol. The second-order valence-corrected chi connectivity index (χ2v) is 5.41. The van der Waals surface area contributed by atoms with Crippen molar-refractivity contribution in [2.45, 2.75) is 20.3 Å².